The summed E-state index contributed by atoms with van der Waals surface area (Å²) in [4.78, 5) is 11.6. The third kappa shape index (κ3) is 3.53. The quantitative estimate of drug-likeness (QED) is 0.856. The van der Waals surface area contributed by atoms with Crippen LogP contribution in [0.15, 0.2) is 24.3 Å². The van der Waals surface area contributed by atoms with E-state index in [2.05, 4.69) is 5.32 Å². The van der Waals surface area contributed by atoms with Gasteiger partial charge < -0.3 is 5.32 Å². The predicted molar refractivity (Wildman–Crippen MR) is 67.5 cm³/mol. The minimum atomic E-state index is -0.350. The van der Waals surface area contributed by atoms with Crippen LogP contribution >= 0.6 is 11.6 Å². The fourth-order valence-electron chi connectivity index (χ4n) is 1.58. The second-order valence-electron chi connectivity index (χ2n) is 4.43. The zero-order chi connectivity index (χ0) is 12.2. The minimum absolute atomic E-state index is 0.0856. The van der Waals surface area contributed by atoms with Crippen LogP contribution in [0, 0.1) is 0 Å². The zero-order valence-corrected chi connectivity index (χ0v) is 10.8. The van der Waals surface area contributed by atoms with E-state index in [0.717, 1.165) is 12.0 Å². The Bertz CT molecular complexity index is 357. The van der Waals surface area contributed by atoms with E-state index in [4.69, 9.17) is 11.6 Å². The lowest BCUT2D eigenvalue weighted by molar-refractivity contribution is -0.122. The number of nitrogens with one attached hydrogen (secondary N) is 1. The highest BCUT2D eigenvalue weighted by molar-refractivity contribution is 6.30. The van der Waals surface area contributed by atoms with E-state index in [-0.39, 0.29) is 11.4 Å². The molecule has 1 aromatic carbocycles. The summed E-state index contributed by atoms with van der Waals surface area (Å²) in [5.41, 5.74) is 0.706. The second-order valence-corrected chi connectivity index (χ2v) is 4.87. The first-order chi connectivity index (χ1) is 7.45. The van der Waals surface area contributed by atoms with E-state index in [1.54, 1.807) is 0 Å². The summed E-state index contributed by atoms with van der Waals surface area (Å²) in [7, 11) is 0. The molecule has 1 N–H and O–H groups in total. The number of carbonyl (C=O) groups excluding carboxylic acids is 1. The number of rotatable bonds is 4. The molecule has 0 aromatic heterocycles. The van der Waals surface area contributed by atoms with Crippen molar-refractivity contribution in [1.29, 1.82) is 0 Å². The molecule has 0 unspecified atom stereocenters. The molecule has 1 aromatic rings. The van der Waals surface area contributed by atoms with Crippen molar-refractivity contribution < 1.29 is 4.79 Å². The SMILES string of the molecule is CCCC(=O)NC(C)(C)c1ccc(Cl)cc1. The lowest BCUT2D eigenvalue weighted by Gasteiger charge is -2.27. The van der Waals surface area contributed by atoms with Crippen LogP contribution in [0.25, 0.3) is 0 Å². The molecule has 0 bridgehead atoms. The van der Waals surface area contributed by atoms with Crippen LogP contribution in [0.1, 0.15) is 39.2 Å². The molecule has 0 radical (unpaired) electrons. The van der Waals surface area contributed by atoms with Crippen molar-refractivity contribution in [2.24, 2.45) is 0 Å². The van der Waals surface area contributed by atoms with Gasteiger partial charge in [-0.05, 0) is 38.0 Å². The van der Waals surface area contributed by atoms with Crippen LogP contribution < -0.4 is 5.32 Å². The highest BCUT2D eigenvalue weighted by Crippen LogP contribution is 2.22. The van der Waals surface area contributed by atoms with Crippen LogP contribution in [0.5, 0.6) is 0 Å². The fraction of sp³-hybridized carbons (Fsp3) is 0.462. The van der Waals surface area contributed by atoms with Gasteiger partial charge in [-0.1, -0.05) is 30.7 Å². The van der Waals surface area contributed by atoms with Crippen molar-refractivity contribution in [1.82, 2.24) is 5.32 Å². The Morgan fingerprint density at radius 1 is 1.31 bits per heavy atom. The molecule has 0 aliphatic carbocycles. The van der Waals surface area contributed by atoms with Gasteiger partial charge in [0.2, 0.25) is 5.91 Å². The maximum Gasteiger partial charge on any atom is 0.220 e. The molecule has 0 aliphatic rings. The molecule has 0 fully saturated rings. The summed E-state index contributed by atoms with van der Waals surface area (Å²) in [6.07, 6.45) is 1.43. The highest BCUT2D eigenvalue weighted by atomic mass is 35.5. The number of benzene rings is 1. The van der Waals surface area contributed by atoms with Crippen LogP contribution in [0.3, 0.4) is 0 Å². The zero-order valence-electron chi connectivity index (χ0n) is 10.0. The molecule has 0 atom stereocenters. The van der Waals surface area contributed by atoms with Crippen LogP contribution in [0.4, 0.5) is 0 Å². The molecule has 2 nitrogen and oxygen atoms in total. The monoisotopic (exact) mass is 239 g/mol. The minimum Gasteiger partial charge on any atom is -0.347 e. The van der Waals surface area contributed by atoms with Crippen LogP contribution in [-0.2, 0) is 10.3 Å². The maximum atomic E-state index is 11.6. The van der Waals surface area contributed by atoms with Crippen molar-refractivity contribution in [2.75, 3.05) is 0 Å². The summed E-state index contributed by atoms with van der Waals surface area (Å²) in [5.74, 6) is 0.0856. The summed E-state index contributed by atoms with van der Waals surface area (Å²) in [6.45, 7) is 5.97. The molecule has 88 valence electrons. The van der Waals surface area contributed by atoms with Crippen LogP contribution in [0.2, 0.25) is 5.02 Å². The van der Waals surface area contributed by atoms with Crippen molar-refractivity contribution in [2.45, 2.75) is 39.2 Å². The van der Waals surface area contributed by atoms with Crippen molar-refractivity contribution in [3.8, 4) is 0 Å². The maximum absolute atomic E-state index is 11.6. The van der Waals surface area contributed by atoms with Gasteiger partial charge in [0.1, 0.15) is 0 Å². The summed E-state index contributed by atoms with van der Waals surface area (Å²) >= 11 is 5.83. The normalized spacial score (nSPS) is 11.2. The van der Waals surface area contributed by atoms with Gasteiger partial charge in [0.05, 0.1) is 5.54 Å². The Morgan fingerprint density at radius 2 is 1.88 bits per heavy atom. The summed E-state index contributed by atoms with van der Waals surface area (Å²) in [6, 6.07) is 7.55. The van der Waals surface area contributed by atoms with Crippen molar-refractivity contribution >= 4 is 17.5 Å². The Labute approximate surface area is 102 Å². The van der Waals surface area contributed by atoms with Crippen molar-refractivity contribution in [3.63, 3.8) is 0 Å². The summed E-state index contributed by atoms with van der Waals surface area (Å²) in [5, 5.41) is 3.72. The van der Waals surface area contributed by atoms with E-state index in [9.17, 15) is 4.79 Å². The lowest BCUT2D eigenvalue weighted by atomic mass is 9.94. The first-order valence-electron chi connectivity index (χ1n) is 5.53. The number of carbonyl (C=O) groups is 1. The molecular weight excluding hydrogens is 222 g/mol. The van der Waals surface area contributed by atoms with Gasteiger partial charge >= 0.3 is 0 Å². The summed E-state index contributed by atoms with van der Waals surface area (Å²) < 4.78 is 0. The molecule has 16 heavy (non-hydrogen) atoms. The molecule has 0 heterocycles. The van der Waals surface area contributed by atoms with Crippen LogP contribution in [-0.4, -0.2) is 5.91 Å². The van der Waals surface area contributed by atoms with Gasteiger partial charge in [-0.25, -0.2) is 0 Å². The average molecular weight is 240 g/mol. The number of halogens is 1. The Kier molecular flexibility index (Phi) is 4.36. The van der Waals surface area contributed by atoms with Gasteiger partial charge in [-0.3, -0.25) is 4.79 Å². The van der Waals surface area contributed by atoms with Gasteiger partial charge in [0.15, 0.2) is 0 Å². The van der Waals surface area contributed by atoms with E-state index in [0.29, 0.717) is 11.4 Å². The van der Waals surface area contributed by atoms with E-state index in [1.165, 1.54) is 0 Å². The molecule has 0 spiro atoms. The van der Waals surface area contributed by atoms with Gasteiger partial charge in [-0.2, -0.15) is 0 Å². The van der Waals surface area contributed by atoms with E-state index in [1.807, 2.05) is 45.0 Å². The number of amides is 1. The fourth-order valence-corrected chi connectivity index (χ4v) is 1.70. The third-order valence-electron chi connectivity index (χ3n) is 2.49. The first kappa shape index (κ1) is 13.0. The standard InChI is InChI=1S/C13H18ClNO/c1-4-5-12(16)15-13(2,3)10-6-8-11(14)9-7-10/h6-9H,4-5H2,1-3H3,(H,15,16). The number of hydrogen-bond donors (Lipinski definition) is 1. The first-order valence-corrected chi connectivity index (χ1v) is 5.90. The molecule has 1 rings (SSSR count). The third-order valence-corrected chi connectivity index (χ3v) is 2.75. The Morgan fingerprint density at radius 3 is 2.38 bits per heavy atom. The molecule has 0 aliphatic heterocycles. The smallest absolute Gasteiger partial charge is 0.220 e. The predicted octanol–water partition coefficient (Wildman–Crippen LogP) is 3.49. The largest absolute Gasteiger partial charge is 0.347 e. The molecule has 1 amide bonds. The average Bonchev–Trinajstić information content (AvgIpc) is 2.17. The topological polar surface area (TPSA) is 29.1 Å². The molecular formula is C13H18ClNO. The second kappa shape index (κ2) is 5.35. The lowest BCUT2D eigenvalue weighted by Crippen LogP contribution is -2.40. The highest BCUT2D eigenvalue weighted by Gasteiger charge is 2.21. The molecule has 0 saturated heterocycles. The van der Waals surface area contributed by atoms with Gasteiger partial charge in [-0.15, -0.1) is 0 Å². The number of hydrogen-bond acceptors (Lipinski definition) is 1. The van der Waals surface area contributed by atoms with Gasteiger partial charge in [0, 0.05) is 11.4 Å². The molecule has 3 heteroatoms. The van der Waals surface area contributed by atoms with Gasteiger partial charge in [0.25, 0.3) is 0 Å². The van der Waals surface area contributed by atoms with E-state index < -0.39 is 0 Å². The Hall–Kier alpha value is -1.02. The Balaban J connectivity index is 2.76. The molecule has 0 saturated carbocycles. The van der Waals surface area contributed by atoms with E-state index >= 15 is 0 Å². The van der Waals surface area contributed by atoms with Crippen molar-refractivity contribution in [3.05, 3.63) is 34.9 Å².